The van der Waals surface area contributed by atoms with Crippen LogP contribution in [0.2, 0.25) is 0 Å². The Bertz CT molecular complexity index is 230. The highest BCUT2D eigenvalue weighted by molar-refractivity contribution is 5.29. The fraction of sp³-hybridized carbons (Fsp3) is 0.375. The van der Waals surface area contributed by atoms with Gasteiger partial charge in [-0.1, -0.05) is 6.92 Å². The standard InChI is InChI=1S/C8H9N/c1-6-5-7-3-2-4-9-8(6)7/h2-4,6H,5H2,1H3/p+1. The molecule has 1 nitrogen and oxygen atoms in total. The van der Waals surface area contributed by atoms with Gasteiger partial charge in [-0.25, -0.2) is 4.98 Å². The number of hydrogen-bond donors (Lipinski definition) is 0. The molecule has 0 amide bonds. The highest BCUT2D eigenvalue weighted by Gasteiger charge is 2.27. The quantitative estimate of drug-likeness (QED) is 0.488. The molecule has 0 aromatic carbocycles. The van der Waals surface area contributed by atoms with Crippen molar-refractivity contribution in [2.75, 3.05) is 0 Å². The molecule has 1 aliphatic rings. The van der Waals surface area contributed by atoms with E-state index < -0.39 is 0 Å². The zero-order valence-electron chi connectivity index (χ0n) is 5.52. The Balaban J connectivity index is 2.51. The van der Waals surface area contributed by atoms with Crippen LogP contribution in [0.25, 0.3) is 0 Å². The van der Waals surface area contributed by atoms with E-state index in [1.165, 1.54) is 17.7 Å². The minimum atomic E-state index is 0.765. The number of H-pyrrole nitrogens is 1. The molecule has 0 fully saturated rings. The van der Waals surface area contributed by atoms with Crippen LogP contribution in [-0.4, -0.2) is 0 Å². The van der Waals surface area contributed by atoms with Crippen LogP contribution in [-0.2, 0) is 6.42 Å². The second-order valence-electron chi connectivity index (χ2n) is 2.71. The average molecular weight is 120 g/mol. The van der Waals surface area contributed by atoms with E-state index in [1.54, 1.807) is 0 Å². The highest BCUT2D eigenvalue weighted by Crippen LogP contribution is 2.29. The number of aromatic nitrogens is 1. The van der Waals surface area contributed by atoms with Gasteiger partial charge in [-0.15, -0.1) is 0 Å². The van der Waals surface area contributed by atoms with Crippen LogP contribution in [0.15, 0.2) is 18.3 Å². The van der Waals surface area contributed by atoms with Gasteiger partial charge in [-0.3, -0.25) is 0 Å². The fourth-order valence-electron chi connectivity index (χ4n) is 1.42. The van der Waals surface area contributed by atoms with Gasteiger partial charge in [0.25, 0.3) is 0 Å². The normalized spacial score (nSPS) is 22.6. The topological polar surface area (TPSA) is 14.1 Å². The van der Waals surface area contributed by atoms with E-state index in [4.69, 9.17) is 0 Å². The third-order valence-electron chi connectivity index (χ3n) is 2.00. The molecule has 1 heterocycles. The summed E-state index contributed by atoms with van der Waals surface area (Å²) in [7, 11) is 0. The van der Waals surface area contributed by atoms with Crippen molar-refractivity contribution in [1.82, 2.24) is 0 Å². The molecule has 0 saturated carbocycles. The maximum absolute atomic E-state index is 3.24. The lowest BCUT2D eigenvalue weighted by Crippen LogP contribution is -2.25. The van der Waals surface area contributed by atoms with Gasteiger partial charge in [0.1, 0.15) is 0 Å². The van der Waals surface area contributed by atoms with Crippen molar-refractivity contribution in [3.63, 3.8) is 0 Å². The summed E-state index contributed by atoms with van der Waals surface area (Å²) in [6.07, 6.45) is 3.25. The summed E-state index contributed by atoms with van der Waals surface area (Å²) in [6.45, 7) is 2.25. The number of nitrogens with one attached hydrogen (secondary N) is 1. The Morgan fingerprint density at radius 1 is 1.67 bits per heavy atom. The van der Waals surface area contributed by atoms with Crippen LogP contribution in [0.5, 0.6) is 0 Å². The molecule has 1 aliphatic carbocycles. The molecular formula is C8H10N+. The SMILES string of the molecule is CC1Cc2ccc[nH+]c21. The Hall–Kier alpha value is -0.850. The second-order valence-corrected chi connectivity index (χ2v) is 2.71. The Labute approximate surface area is 54.7 Å². The summed E-state index contributed by atoms with van der Waals surface area (Å²) in [5.41, 5.74) is 2.92. The van der Waals surface area contributed by atoms with E-state index in [2.05, 4.69) is 24.0 Å². The molecule has 0 radical (unpaired) electrons. The molecule has 1 atom stereocenters. The van der Waals surface area contributed by atoms with Gasteiger partial charge >= 0.3 is 0 Å². The number of pyridine rings is 1. The Morgan fingerprint density at radius 2 is 2.56 bits per heavy atom. The fourth-order valence-corrected chi connectivity index (χ4v) is 1.42. The van der Waals surface area contributed by atoms with Crippen LogP contribution in [0.3, 0.4) is 0 Å². The first-order valence-electron chi connectivity index (χ1n) is 3.37. The third-order valence-corrected chi connectivity index (χ3v) is 2.00. The summed E-state index contributed by atoms with van der Waals surface area (Å²) in [6, 6.07) is 4.25. The van der Waals surface area contributed by atoms with Gasteiger partial charge < -0.3 is 0 Å². The molecule has 9 heavy (non-hydrogen) atoms. The van der Waals surface area contributed by atoms with Crippen molar-refractivity contribution in [2.45, 2.75) is 19.3 Å². The first kappa shape index (κ1) is 4.98. The van der Waals surface area contributed by atoms with Crippen molar-refractivity contribution >= 4 is 0 Å². The molecule has 0 aliphatic heterocycles. The third kappa shape index (κ3) is 0.576. The van der Waals surface area contributed by atoms with E-state index in [0.29, 0.717) is 0 Å². The van der Waals surface area contributed by atoms with E-state index in [-0.39, 0.29) is 0 Å². The first-order valence-corrected chi connectivity index (χ1v) is 3.37. The van der Waals surface area contributed by atoms with Gasteiger partial charge in [-0.05, 0) is 12.5 Å². The summed E-state index contributed by atoms with van der Waals surface area (Å²) in [5.74, 6) is 0.765. The van der Waals surface area contributed by atoms with Gasteiger partial charge in [0.2, 0.25) is 0 Å². The van der Waals surface area contributed by atoms with Crippen LogP contribution in [0.1, 0.15) is 24.1 Å². The smallest absolute Gasteiger partial charge is 0.185 e. The van der Waals surface area contributed by atoms with E-state index in [1.807, 2.05) is 6.20 Å². The predicted octanol–water partition coefficient (Wildman–Crippen LogP) is 1.16. The summed E-state index contributed by atoms with van der Waals surface area (Å²) >= 11 is 0. The van der Waals surface area contributed by atoms with Crippen molar-refractivity contribution in [1.29, 1.82) is 0 Å². The molecule has 0 saturated heterocycles. The molecule has 0 bridgehead atoms. The van der Waals surface area contributed by atoms with Crippen molar-refractivity contribution in [2.24, 2.45) is 0 Å². The molecule has 1 unspecified atom stereocenters. The molecule has 0 spiro atoms. The maximum atomic E-state index is 3.24. The van der Waals surface area contributed by atoms with Gasteiger partial charge in [0.05, 0.1) is 0 Å². The van der Waals surface area contributed by atoms with Gasteiger partial charge in [0, 0.05) is 17.5 Å². The van der Waals surface area contributed by atoms with Crippen molar-refractivity contribution in [3.8, 4) is 0 Å². The molecule has 1 heteroatoms. The van der Waals surface area contributed by atoms with Crippen LogP contribution in [0, 0.1) is 0 Å². The monoisotopic (exact) mass is 120 g/mol. The second kappa shape index (κ2) is 1.56. The average Bonchev–Trinajstić information content (AvgIpc) is 1.86. The van der Waals surface area contributed by atoms with Crippen molar-refractivity contribution < 1.29 is 4.98 Å². The van der Waals surface area contributed by atoms with Crippen LogP contribution >= 0.6 is 0 Å². The lowest BCUT2D eigenvalue weighted by atomic mass is 9.84. The van der Waals surface area contributed by atoms with Crippen LogP contribution in [0.4, 0.5) is 0 Å². The molecule has 1 aromatic heterocycles. The summed E-state index contributed by atoms with van der Waals surface area (Å²) in [5, 5.41) is 0. The first-order chi connectivity index (χ1) is 4.38. The minimum Gasteiger partial charge on any atom is -0.215 e. The van der Waals surface area contributed by atoms with E-state index >= 15 is 0 Å². The zero-order chi connectivity index (χ0) is 6.27. The maximum Gasteiger partial charge on any atom is 0.185 e. The van der Waals surface area contributed by atoms with Crippen LogP contribution < -0.4 is 4.98 Å². The highest BCUT2D eigenvalue weighted by atomic mass is 14.7. The molecule has 1 N–H and O–H groups in total. The Morgan fingerprint density at radius 3 is 3.11 bits per heavy atom. The lowest BCUT2D eigenvalue weighted by molar-refractivity contribution is -0.397. The van der Waals surface area contributed by atoms with E-state index in [9.17, 15) is 0 Å². The summed E-state index contributed by atoms with van der Waals surface area (Å²) < 4.78 is 0. The summed E-state index contributed by atoms with van der Waals surface area (Å²) in [4.78, 5) is 3.24. The zero-order valence-corrected chi connectivity index (χ0v) is 5.52. The molecule has 1 aromatic rings. The molecule has 46 valence electrons. The number of hydrogen-bond acceptors (Lipinski definition) is 0. The minimum absolute atomic E-state index is 0.765. The van der Waals surface area contributed by atoms with E-state index in [0.717, 1.165) is 5.92 Å². The largest absolute Gasteiger partial charge is 0.215 e. The molecule has 2 rings (SSSR count). The predicted molar refractivity (Wildman–Crippen MR) is 35.1 cm³/mol. The molecular weight excluding hydrogens is 110 g/mol. The Kier molecular flexibility index (Phi) is 0.865. The number of fused-ring (bicyclic) bond motifs is 1. The lowest BCUT2D eigenvalue weighted by Gasteiger charge is -2.18. The van der Waals surface area contributed by atoms with Gasteiger partial charge in [-0.2, -0.15) is 0 Å². The number of rotatable bonds is 0. The van der Waals surface area contributed by atoms with Crippen molar-refractivity contribution in [3.05, 3.63) is 29.6 Å². The number of aromatic amines is 1. The van der Waals surface area contributed by atoms with Gasteiger partial charge in [0.15, 0.2) is 11.9 Å².